The number of nitrogens with zero attached hydrogens (tertiary/aromatic N) is 1. The van der Waals surface area contributed by atoms with E-state index in [-0.39, 0.29) is 35.5 Å². The first-order chi connectivity index (χ1) is 15.5. The van der Waals surface area contributed by atoms with Crippen molar-refractivity contribution in [2.24, 2.45) is 11.8 Å². The van der Waals surface area contributed by atoms with Gasteiger partial charge in [-0.3, -0.25) is 9.59 Å². The number of likely N-dealkylation sites (tertiary alicyclic amines) is 1. The molecule has 1 saturated heterocycles. The molecule has 1 N–H and O–H groups in total. The molecule has 32 heavy (non-hydrogen) atoms. The van der Waals surface area contributed by atoms with Crippen molar-refractivity contribution in [1.82, 2.24) is 4.90 Å². The Kier molecular flexibility index (Phi) is 6.77. The van der Waals surface area contributed by atoms with Crippen molar-refractivity contribution >= 4 is 17.5 Å². The SMILES string of the molecule is COc1cccc(NC(=O)C2CCC(c3ccc(F)c(C)c3)N(C(=O)C3CCCC3)C2)c1. The number of ether oxygens (including phenoxy) is 1. The normalized spacial score (nSPS) is 21.4. The molecule has 170 valence electrons. The van der Waals surface area contributed by atoms with E-state index in [0.717, 1.165) is 31.2 Å². The number of aryl methyl sites for hydroxylation is 1. The summed E-state index contributed by atoms with van der Waals surface area (Å²) in [6, 6.07) is 12.2. The number of anilines is 1. The van der Waals surface area contributed by atoms with Crippen LogP contribution in [0.4, 0.5) is 10.1 Å². The van der Waals surface area contributed by atoms with Gasteiger partial charge < -0.3 is 15.0 Å². The third-order valence-corrected chi connectivity index (χ3v) is 6.84. The maximum atomic E-state index is 13.9. The summed E-state index contributed by atoms with van der Waals surface area (Å²) in [4.78, 5) is 28.4. The van der Waals surface area contributed by atoms with Gasteiger partial charge in [0.2, 0.25) is 11.8 Å². The summed E-state index contributed by atoms with van der Waals surface area (Å²) in [7, 11) is 1.59. The van der Waals surface area contributed by atoms with Crippen LogP contribution in [0.3, 0.4) is 0 Å². The van der Waals surface area contributed by atoms with Crippen LogP contribution in [0.5, 0.6) is 5.75 Å². The summed E-state index contributed by atoms with van der Waals surface area (Å²) >= 11 is 0. The Morgan fingerprint density at radius 3 is 2.53 bits per heavy atom. The molecule has 6 heteroatoms. The lowest BCUT2D eigenvalue weighted by atomic mass is 9.86. The molecule has 2 unspecified atom stereocenters. The molecule has 2 amide bonds. The van der Waals surface area contributed by atoms with Crippen LogP contribution >= 0.6 is 0 Å². The molecule has 2 aromatic carbocycles. The lowest BCUT2D eigenvalue weighted by Crippen LogP contribution is -2.47. The van der Waals surface area contributed by atoms with Crippen LogP contribution in [0.1, 0.15) is 55.7 Å². The first-order valence-corrected chi connectivity index (χ1v) is 11.5. The Labute approximate surface area is 188 Å². The summed E-state index contributed by atoms with van der Waals surface area (Å²) < 4.78 is 19.1. The number of hydrogen-bond donors (Lipinski definition) is 1. The Hall–Kier alpha value is -2.89. The summed E-state index contributed by atoms with van der Waals surface area (Å²) in [6.07, 6.45) is 5.32. The van der Waals surface area contributed by atoms with Crippen LogP contribution < -0.4 is 10.1 Å². The van der Waals surface area contributed by atoms with Gasteiger partial charge in [-0.25, -0.2) is 4.39 Å². The van der Waals surface area contributed by atoms with Crippen molar-refractivity contribution in [3.63, 3.8) is 0 Å². The zero-order chi connectivity index (χ0) is 22.7. The average molecular weight is 439 g/mol. The molecule has 0 bridgehead atoms. The Bertz CT molecular complexity index is 987. The van der Waals surface area contributed by atoms with Gasteiger partial charge in [-0.2, -0.15) is 0 Å². The fourth-order valence-corrected chi connectivity index (χ4v) is 5.00. The van der Waals surface area contributed by atoms with Gasteiger partial charge in [0.25, 0.3) is 0 Å². The number of rotatable bonds is 5. The van der Waals surface area contributed by atoms with Crippen molar-refractivity contribution in [3.8, 4) is 5.75 Å². The minimum absolute atomic E-state index is 0.0271. The van der Waals surface area contributed by atoms with Crippen LogP contribution in [-0.4, -0.2) is 30.4 Å². The minimum Gasteiger partial charge on any atom is -0.497 e. The van der Waals surface area contributed by atoms with Gasteiger partial charge >= 0.3 is 0 Å². The predicted octanol–water partition coefficient (Wildman–Crippen LogP) is 5.25. The minimum atomic E-state index is -0.288. The first-order valence-electron chi connectivity index (χ1n) is 11.5. The fourth-order valence-electron chi connectivity index (χ4n) is 5.00. The highest BCUT2D eigenvalue weighted by molar-refractivity contribution is 5.93. The van der Waals surface area contributed by atoms with Gasteiger partial charge in [0.15, 0.2) is 0 Å². The lowest BCUT2D eigenvalue weighted by molar-refractivity contribution is -0.141. The van der Waals surface area contributed by atoms with Crippen molar-refractivity contribution in [3.05, 3.63) is 59.4 Å². The topological polar surface area (TPSA) is 58.6 Å². The van der Waals surface area contributed by atoms with Crippen LogP contribution in [0.15, 0.2) is 42.5 Å². The molecule has 1 heterocycles. The Morgan fingerprint density at radius 2 is 1.81 bits per heavy atom. The number of carbonyl (C=O) groups excluding carboxylic acids is 2. The number of piperidine rings is 1. The smallest absolute Gasteiger partial charge is 0.229 e. The molecule has 2 atom stereocenters. The second-order valence-electron chi connectivity index (χ2n) is 8.99. The maximum Gasteiger partial charge on any atom is 0.229 e. The van der Waals surface area contributed by atoms with Crippen molar-refractivity contribution in [2.45, 2.75) is 51.5 Å². The molecule has 1 aliphatic heterocycles. The van der Waals surface area contributed by atoms with E-state index in [4.69, 9.17) is 4.74 Å². The molecule has 2 aromatic rings. The zero-order valence-corrected chi connectivity index (χ0v) is 18.8. The van der Waals surface area contributed by atoms with E-state index in [0.29, 0.717) is 36.4 Å². The molecule has 0 radical (unpaired) electrons. The number of hydrogen-bond acceptors (Lipinski definition) is 3. The average Bonchev–Trinajstić information content (AvgIpc) is 3.35. The number of carbonyl (C=O) groups is 2. The van der Waals surface area contributed by atoms with E-state index >= 15 is 0 Å². The number of halogens is 1. The molecule has 2 fully saturated rings. The van der Waals surface area contributed by atoms with Gasteiger partial charge in [-0.1, -0.05) is 31.0 Å². The third-order valence-electron chi connectivity index (χ3n) is 6.84. The number of methoxy groups -OCH3 is 1. The van der Waals surface area contributed by atoms with E-state index in [9.17, 15) is 14.0 Å². The largest absolute Gasteiger partial charge is 0.497 e. The van der Waals surface area contributed by atoms with E-state index in [2.05, 4.69) is 5.32 Å². The third kappa shape index (κ3) is 4.79. The van der Waals surface area contributed by atoms with E-state index < -0.39 is 0 Å². The summed E-state index contributed by atoms with van der Waals surface area (Å²) in [5.41, 5.74) is 2.20. The van der Waals surface area contributed by atoms with Crippen molar-refractivity contribution < 1.29 is 18.7 Å². The van der Waals surface area contributed by atoms with Gasteiger partial charge in [-0.05, 0) is 61.9 Å². The first kappa shape index (κ1) is 22.3. The molecular formula is C26H31FN2O3. The molecule has 1 aliphatic carbocycles. The second-order valence-corrected chi connectivity index (χ2v) is 8.99. The van der Waals surface area contributed by atoms with Crippen LogP contribution in [0, 0.1) is 24.6 Å². The second kappa shape index (κ2) is 9.72. The maximum absolute atomic E-state index is 13.9. The standard InChI is InChI=1S/C26H31FN2O3/c1-17-14-19(10-12-23(17)27)24-13-11-20(16-29(24)26(31)18-6-3-4-7-18)25(30)28-21-8-5-9-22(15-21)32-2/h5,8-10,12,14-15,18,20,24H,3-4,6-7,11,13,16H2,1-2H3,(H,28,30). The number of benzene rings is 2. The molecule has 0 aromatic heterocycles. The van der Waals surface area contributed by atoms with Crippen LogP contribution in [0.2, 0.25) is 0 Å². The van der Waals surface area contributed by atoms with Gasteiger partial charge in [0, 0.05) is 24.2 Å². The number of nitrogens with one attached hydrogen (secondary N) is 1. The van der Waals surface area contributed by atoms with Gasteiger partial charge in [0.1, 0.15) is 11.6 Å². The highest BCUT2D eigenvalue weighted by Crippen LogP contribution is 2.38. The summed E-state index contributed by atoms with van der Waals surface area (Å²) in [5.74, 6) is 0.221. The Morgan fingerprint density at radius 1 is 1.03 bits per heavy atom. The lowest BCUT2D eigenvalue weighted by Gasteiger charge is -2.41. The van der Waals surface area contributed by atoms with E-state index in [1.807, 2.05) is 29.2 Å². The Balaban J connectivity index is 1.54. The molecule has 5 nitrogen and oxygen atoms in total. The predicted molar refractivity (Wildman–Crippen MR) is 122 cm³/mol. The van der Waals surface area contributed by atoms with Crippen molar-refractivity contribution in [2.75, 3.05) is 19.0 Å². The summed E-state index contributed by atoms with van der Waals surface area (Å²) in [6.45, 7) is 2.13. The molecule has 2 aliphatic rings. The van der Waals surface area contributed by atoms with E-state index in [1.54, 1.807) is 26.2 Å². The summed E-state index contributed by atoms with van der Waals surface area (Å²) in [5, 5.41) is 2.98. The molecule has 4 rings (SSSR count). The van der Waals surface area contributed by atoms with E-state index in [1.165, 1.54) is 6.07 Å². The molecular weight excluding hydrogens is 407 g/mol. The molecule has 0 spiro atoms. The highest BCUT2D eigenvalue weighted by atomic mass is 19.1. The molecule has 1 saturated carbocycles. The highest BCUT2D eigenvalue weighted by Gasteiger charge is 2.38. The number of amides is 2. The quantitative estimate of drug-likeness (QED) is 0.694. The van der Waals surface area contributed by atoms with Crippen molar-refractivity contribution in [1.29, 1.82) is 0 Å². The fraction of sp³-hybridized carbons (Fsp3) is 0.462. The van der Waals surface area contributed by atoms with Gasteiger partial charge in [-0.15, -0.1) is 0 Å². The zero-order valence-electron chi connectivity index (χ0n) is 18.8. The van der Waals surface area contributed by atoms with Crippen LogP contribution in [-0.2, 0) is 9.59 Å². The van der Waals surface area contributed by atoms with Crippen LogP contribution in [0.25, 0.3) is 0 Å². The monoisotopic (exact) mass is 438 g/mol. The van der Waals surface area contributed by atoms with Gasteiger partial charge in [0.05, 0.1) is 19.1 Å².